The molecule has 7 nitrogen and oxygen atoms in total. The minimum Gasteiger partial charge on any atom is -0.382 e. The van der Waals surface area contributed by atoms with Gasteiger partial charge in [0, 0.05) is 66.1 Å². The van der Waals surface area contributed by atoms with Crippen molar-refractivity contribution < 1.29 is 9.47 Å². The summed E-state index contributed by atoms with van der Waals surface area (Å²) in [5.41, 5.74) is 0. The van der Waals surface area contributed by atoms with E-state index in [0.717, 1.165) is 58.3 Å². The maximum Gasteiger partial charge on any atom is 0.191 e. The van der Waals surface area contributed by atoms with E-state index >= 15 is 0 Å². The molecule has 156 valence electrons. The molecule has 0 aromatic heterocycles. The molecular formula is C18H40IN5O2. The molecule has 1 aliphatic rings. The normalized spacial score (nSPS) is 17.8. The Labute approximate surface area is 177 Å². The van der Waals surface area contributed by atoms with Crippen LogP contribution in [0.5, 0.6) is 0 Å². The Morgan fingerprint density at radius 1 is 1.08 bits per heavy atom. The zero-order chi connectivity index (χ0) is 18.5. The van der Waals surface area contributed by atoms with E-state index in [9.17, 15) is 0 Å². The third-order valence-corrected chi connectivity index (χ3v) is 4.67. The van der Waals surface area contributed by atoms with Gasteiger partial charge in [0.05, 0.1) is 13.2 Å². The van der Waals surface area contributed by atoms with Crippen LogP contribution in [0.15, 0.2) is 4.99 Å². The van der Waals surface area contributed by atoms with Gasteiger partial charge in [-0.1, -0.05) is 13.8 Å². The van der Waals surface area contributed by atoms with Crippen molar-refractivity contribution in [3.63, 3.8) is 0 Å². The van der Waals surface area contributed by atoms with E-state index in [2.05, 4.69) is 46.3 Å². The number of ether oxygens (including phenoxy) is 2. The highest BCUT2D eigenvalue weighted by Crippen LogP contribution is 2.12. The number of guanidine groups is 1. The maximum absolute atomic E-state index is 5.47. The predicted molar refractivity (Wildman–Crippen MR) is 120 cm³/mol. The number of nitrogens with one attached hydrogen (secondary N) is 2. The second-order valence-corrected chi connectivity index (χ2v) is 6.99. The smallest absolute Gasteiger partial charge is 0.191 e. The molecule has 0 amide bonds. The molecule has 0 radical (unpaired) electrons. The SMILES string of the molecule is CN=C(NCCCOCCOC)NCC(C(C)C)N1CCN(C)CC1.I. The number of piperazine rings is 1. The number of hydrogen-bond donors (Lipinski definition) is 2. The highest BCUT2D eigenvalue weighted by Gasteiger charge is 2.24. The van der Waals surface area contributed by atoms with Crippen molar-refractivity contribution >= 4 is 29.9 Å². The first kappa shape index (κ1) is 25.8. The van der Waals surface area contributed by atoms with Crippen LogP contribution < -0.4 is 10.6 Å². The fourth-order valence-electron chi connectivity index (χ4n) is 2.99. The Balaban J connectivity index is 0.00000625. The highest BCUT2D eigenvalue weighted by atomic mass is 127. The summed E-state index contributed by atoms with van der Waals surface area (Å²) in [5.74, 6) is 1.49. The number of nitrogens with zero attached hydrogens (tertiary/aromatic N) is 3. The predicted octanol–water partition coefficient (Wildman–Crippen LogP) is 1.09. The van der Waals surface area contributed by atoms with Gasteiger partial charge in [0.15, 0.2) is 5.96 Å². The summed E-state index contributed by atoms with van der Waals surface area (Å²) in [6.07, 6.45) is 0.955. The number of aliphatic imine (C=N–C) groups is 1. The monoisotopic (exact) mass is 485 g/mol. The van der Waals surface area contributed by atoms with Gasteiger partial charge >= 0.3 is 0 Å². The fraction of sp³-hybridized carbons (Fsp3) is 0.944. The van der Waals surface area contributed by atoms with Crippen LogP contribution in [-0.4, -0.2) is 102 Å². The van der Waals surface area contributed by atoms with Crippen molar-refractivity contribution in [2.45, 2.75) is 26.3 Å². The lowest BCUT2D eigenvalue weighted by Crippen LogP contribution is -2.55. The summed E-state index contributed by atoms with van der Waals surface area (Å²) in [5, 5.41) is 6.86. The lowest BCUT2D eigenvalue weighted by molar-refractivity contribution is 0.0698. The number of rotatable bonds is 11. The molecule has 1 fully saturated rings. The second-order valence-electron chi connectivity index (χ2n) is 6.99. The summed E-state index contributed by atoms with van der Waals surface area (Å²) >= 11 is 0. The van der Waals surface area contributed by atoms with E-state index in [1.807, 2.05) is 7.05 Å². The molecule has 1 heterocycles. The van der Waals surface area contributed by atoms with E-state index in [1.54, 1.807) is 7.11 Å². The molecule has 1 unspecified atom stereocenters. The topological polar surface area (TPSA) is 61.4 Å². The number of halogens is 1. The maximum atomic E-state index is 5.47. The van der Waals surface area contributed by atoms with Gasteiger partial charge in [0.2, 0.25) is 0 Å². The van der Waals surface area contributed by atoms with Crippen molar-refractivity contribution in [1.29, 1.82) is 0 Å². The van der Waals surface area contributed by atoms with Crippen LogP contribution in [0.2, 0.25) is 0 Å². The summed E-state index contributed by atoms with van der Waals surface area (Å²) in [4.78, 5) is 9.34. The van der Waals surface area contributed by atoms with Crippen molar-refractivity contribution in [3.05, 3.63) is 0 Å². The minimum absolute atomic E-state index is 0. The molecule has 0 spiro atoms. The summed E-state index contributed by atoms with van der Waals surface area (Å²) in [6, 6.07) is 0.532. The third-order valence-electron chi connectivity index (χ3n) is 4.67. The average molecular weight is 485 g/mol. The van der Waals surface area contributed by atoms with E-state index in [-0.39, 0.29) is 24.0 Å². The van der Waals surface area contributed by atoms with Crippen LogP contribution >= 0.6 is 24.0 Å². The van der Waals surface area contributed by atoms with Gasteiger partial charge < -0.3 is 25.0 Å². The Bertz CT molecular complexity index is 363. The van der Waals surface area contributed by atoms with E-state index < -0.39 is 0 Å². The Kier molecular flexibility index (Phi) is 15.8. The molecule has 0 aliphatic carbocycles. The number of likely N-dealkylation sites (N-methyl/N-ethyl adjacent to an activating group) is 1. The van der Waals surface area contributed by atoms with E-state index in [4.69, 9.17) is 9.47 Å². The molecule has 8 heteroatoms. The van der Waals surface area contributed by atoms with E-state index in [0.29, 0.717) is 25.2 Å². The first-order valence-corrected chi connectivity index (χ1v) is 9.52. The van der Waals surface area contributed by atoms with Crippen LogP contribution in [0.3, 0.4) is 0 Å². The van der Waals surface area contributed by atoms with Crippen LogP contribution in [0.25, 0.3) is 0 Å². The molecule has 1 aliphatic heterocycles. The van der Waals surface area contributed by atoms with Gasteiger partial charge in [-0.25, -0.2) is 0 Å². The first-order chi connectivity index (χ1) is 12.1. The van der Waals surface area contributed by atoms with Gasteiger partial charge in [-0.3, -0.25) is 9.89 Å². The van der Waals surface area contributed by atoms with Crippen molar-refractivity contribution in [2.24, 2.45) is 10.9 Å². The molecule has 2 N–H and O–H groups in total. The lowest BCUT2D eigenvalue weighted by atomic mass is 10.0. The Morgan fingerprint density at radius 2 is 1.77 bits per heavy atom. The largest absolute Gasteiger partial charge is 0.382 e. The Hall–Kier alpha value is -0.160. The van der Waals surface area contributed by atoms with Crippen LogP contribution in [-0.2, 0) is 9.47 Å². The standard InChI is InChI=1S/C18H39N5O2.HI/c1-16(2)17(23-10-8-22(4)9-11-23)15-21-18(19-3)20-7-6-12-25-14-13-24-5;/h16-17H,6-15H2,1-5H3,(H2,19,20,21);1H. The molecule has 1 atom stereocenters. The molecule has 1 rings (SSSR count). The van der Waals surface area contributed by atoms with Crippen molar-refractivity contribution in [2.75, 3.05) is 80.3 Å². The molecule has 0 aromatic rings. The third kappa shape index (κ3) is 10.9. The van der Waals surface area contributed by atoms with Gasteiger partial charge in [-0.05, 0) is 19.4 Å². The summed E-state index contributed by atoms with van der Waals surface area (Å²) in [7, 11) is 5.71. The summed E-state index contributed by atoms with van der Waals surface area (Å²) in [6.45, 7) is 13.0. The first-order valence-electron chi connectivity index (χ1n) is 9.52. The van der Waals surface area contributed by atoms with Gasteiger partial charge in [-0.2, -0.15) is 0 Å². The highest BCUT2D eigenvalue weighted by molar-refractivity contribution is 14.0. The van der Waals surface area contributed by atoms with Crippen LogP contribution in [0.4, 0.5) is 0 Å². The summed E-state index contributed by atoms with van der Waals surface area (Å²) < 4.78 is 10.4. The van der Waals surface area contributed by atoms with Crippen molar-refractivity contribution in [1.82, 2.24) is 20.4 Å². The molecular weight excluding hydrogens is 445 g/mol. The molecule has 0 saturated carbocycles. The lowest BCUT2D eigenvalue weighted by Gasteiger charge is -2.40. The molecule has 0 bridgehead atoms. The molecule has 26 heavy (non-hydrogen) atoms. The van der Waals surface area contributed by atoms with Gasteiger partial charge in [0.25, 0.3) is 0 Å². The Morgan fingerprint density at radius 3 is 2.35 bits per heavy atom. The fourth-order valence-corrected chi connectivity index (χ4v) is 2.99. The van der Waals surface area contributed by atoms with Crippen LogP contribution in [0.1, 0.15) is 20.3 Å². The molecule has 0 aromatic carbocycles. The average Bonchev–Trinajstić information content (AvgIpc) is 2.60. The van der Waals surface area contributed by atoms with E-state index in [1.165, 1.54) is 0 Å². The zero-order valence-electron chi connectivity index (χ0n) is 17.3. The van der Waals surface area contributed by atoms with Gasteiger partial charge in [0.1, 0.15) is 0 Å². The molecule has 1 saturated heterocycles. The quantitative estimate of drug-likeness (QED) is 0.198. The number of hydrogen-bond acceptors (Lipinski definition) is 5. The second kappa shape index (κ2) is 15.9. The number of methoxy groups -OCH3 is 1. The minimum atomic E-state index is 0. The zero-order valence-corrected chi connectivity index (χ0v) is 19.6. The van der Waals surface area contributed by atoms with Crippen molar-refractivity contribution in [3.8, 4) is 0 Å². The van der Waals surface area contributed by atoms with Gasteiger partial charge in [-0.15, -0.1) is 24.0 Å². The van der Waals surface area contributed by atoms with Crippen LogP contribution in [0, 0.1) is 5.92 Å².